The van der Waals surface area contributed by atoms with Crippen LogP contribution in [0.15, 0.2) is 53.3 Å². The molecule has 8 rings (SSSR count). The van der Waals surface area contributed by atoms with E-state index in [1.165, 1.54) is 37.0 Å². The minimum atomic E-state index is -0.282. The molecule has 1 aliphatic rings. The second-order valence-corrected chi connectivity index (χ2v) is 14.3. The van der Waals surface area contributed by atoms with E-state index < -0.39 is 0 Å². The number of carbonyl (C=O) groups excluding carboxylic acids is 2. The molecule has 0 spiro atoms. The number of hydrogen-bond donors (Lipinski definition) is 2. The van der Waals surface area contributed by atoms with Crippen molar-refractivity contribution >= 4 is 83.5 Å². The molecular weight excluding hydrogens is 620 g/mol. The predicted molar refractivity (Wildman–Crippen MR) is 207 cm³/mol. The van der Waals surface area contributed by atoms with Crippen LogP contribution in [0.3, 0.4) is 0 Å². The smallest absolute Gasteiger partial charge is 0.262 e. The number of aromatic amines is 2. The third-order valence-corrected chi connectivity index (χ3v) is 11.1. The van der Waals surface area contributed by atoms with Crippen LogP contribution < -0.4 is 10.9 Å². The highest BCUT2D eigenvalue weighted by Crippen LogP contribution is 2.47. The first-order valence-electron chi connectivity index (χ1n) is 18.8. The van der Waals surface area contributed by atoms with Crippen LogP contribution >= 0.6 is 0 Å². The van der Waals surface area contributed by atoms with Crippen LogP contribution in [-0.2, 0) is 6.54 Å². The van der Waals surface area contributed by atoms with Gasteiger partial charge in [-0.05, 0) is 25.0 Å². The summed E-state index contributed by atoms with van der Waals surface area (Å²) in [6.07, 6.45) is 13.0. The summed E-state index contributed by atoms with van der Waals surface area (Å²) in [5.74, 6) is -0.565. The Morgan fingerprint density at radius 2 is 1.02 bits per heavy atom. The van der Waals surface area contributed by atoms with E-state index in [1.807, 2.05) is 53.1 Å². The average Bonchev–Trinajstić information content (AvgIpc) is 3.70. The maximum absolute atomic E-state index is 14.8. The molecule has 7 heteroatoms. The molecule has 7 aromatic rings. The van der Waals surface area contributed by atoms with Crippen LogP contribution in [0.2, 0.25) is 0 Å². The number of para-hydroxylation sites is 2. The first-order chi connectivity index (χ1) is 24.5. The van der Waals surface area contributed by atoms with Gasteiger partial charge in [-0.15, -0.1) is 0 Å². The Kier molecular flexibility index (Phi) is 8.46. The fraction of sp³-hybridized carbons (Fsp3) is 0.372. The van der Waals surface area contributed by atoms with Gasteiger partial charge in [0.15, 0.2) is 0 Å². The summed E-state index contributed by atoms with van der Waals surface area (Å²) in [7, 11) is 0. The lowest BCUT2D eigenvalue weighted by molar-refractivity contribution is 0.0610. The first kappa shape index (κ1) is 32.3. The van der Waals surface area contributed by atoms with Gasteiger partial charge in [-0.1, -0.05) is 121 Å². The van der Waals surface area contributed by atoms with Crippen LogP contribution in [-0.4, -0.2) is 37.8 Å². The number of H-pyrrole nitrogens is 2. The number of nitrogens with one attached hydrogen (secondary N) is 2. The summed E-state index contributed by atoms with van der Waals surface area (Å²) in [4.78, 5) is 53.2. The molecule has 2 amide bonds. The van der Waals surface area contributed by atoms with Crippen molar-refractivity contribution in [2.24, 2.45) is 0 Å². The number of benzene rings is 4. The topological polar surface area (TPSA) is 91.0 Å². The molecule has 256 valence electrons. The van der Waals surface area contributed by atoms with Crippen LogP contribution in [0.5, 0.6) is 0 Å². The second kappa shape index (κ2) is 13.1. The molecule has 4 aromatic carbocycles. The molecule has 7 nitrogen and oxygen atoms in total. The Morgan fingerprint density at radius 3 is 1.58 bits per heavy atom. The van der Waals surface area contributed by atoms with Gasteiger partial charge in [0, 0.05) is 67.2 Å². The molecule has 0 radical (unpaired) electrons. The van der Waals surface area contributed by atoms with Crippen LogP contribution in [0.1, 0.15) is 112 Å². The molecule has 0 atom stereocenters. The second-order valence-electron chi connectivity index (χ2n) is 14.3. The number of aromatic nitrogens is 3. The van der Waals surface area contributed by atoms with E-state index in [2.05, 4.69) is 30.4 Å². The monoisotopic (exact) mass is 666 g/mol. The summed E-state index contributed by atoms with van der Waals surface area (Å²) in [5.41, 5.74) is 4.11. The molecule has 3 aromatic heterocycles. The standard InChI is InChI=1S/C43H46N4O3/c1-4-6-8-10-12-18-24-46-26(3)31-34-35-36(32-27-20-14-16-22-29(27)44-39(31)32)41(48)47(25-19-13-11-9-7-5-2)42(49)37(35)33-28-21-15-17-23-30(28)45-40(33)38(34)43(46)50/h14-17,20-23,44-45H,3-13,18-19,24-25H2,1-2H3. The zero-order valence-electron chi connectivity index (χ0n) is 29.3. The van der Waals surface area contributed by atoms with Crippen LogP contribution in [0.4, 0.5) is 0 Å². The summed E-state index contributed by atoms with van der Waals surface area (Å²) < 4.78 is 1.84. The Labute approximate surface area is 291 Å². The average molecular weight is 667 g/mol. The van der Waals surface area contributed by atoms with Crippen molar-refractivity contribution in [2.75, 3.05) is 6.54 Å². The van der Waals surface area contributed by atoms with E-state index in [-0.39, 0.29) is 17.4 Å². The zero-order chi connectivity index (χ0) is 34.5. The van der Waals surface area contributed by atoms with Gasteiger partial charge in [0.1, 0.15) is 0 Å². The predicted octanol–water partition coefficient (Wildman–Crippen LogP) is 9.87. The Hall–Kier alpha value is -4.91. The van der Waals surface area contributed by atoms with Gasteiger partial charge in [0.05, 0.1) is 27.5 Å². The number of amides is 2. The highest BCUT2D eigenvalue weighted by atomic mass is 16.2. The van der Waals surface area contributed by atoms with Gasteiger partial charge in [-0.3, -0.25) is 19.3 Å². The molecule has 0 fully saturated rings. The van der Waals surface area contributed by atoms with Crippen molar-refractivity contribution in [1.82, 2.24) is 19.4 Å². The molecule has 0 saturated heterocycles. The number of pyridine rings is 1. The van der Waals surface area contributed by atoms with Gasteiger partial charge >= 0.3 is 0 Å². The highest BCUT2D eigenvalue weighted by Gasteiger charge is 2.39. The Bertz CT molecular complexity index is 2410. The number of fused-ring (bicyclic) bond motifs is 10. The number of hydrogen-bond acceptors (Lipinski definition) is 3. The third-order valence-electron chi connectivity index (χ3n) is 11.1. The van der Waals surface area contributed by atoms with E-state index in [1.54, 1.807) is 0 Å². The molecule has 0 saturated carbocycles. The quantitative estimate of drug-likeness (QED) is 0.0894. The Morgan fingerprint density at radius 1 is 0.540 bits per heavy atom. The molecular formula is C43H46N4O3. The summed E-state index contributed by atoms with van der Waals surface area (Å²) in [6, 6.07) is 16.0. The van der Waals surface area contributed by atoms with Gasteiger partial charge in [-0.2, -0.15) is 0 Å². The van der Waals surface area contributed by atoms with Crippen molar-refractivity contribution in [3.05, 3.63) is 75.4 Å². The number of imide groups is 1. The molecule has 0 bridgehead atoms. The largest absolute Gasteiger partial charge is 0.354 e. The van der Waals surface area contributed by atoms with Gasteiger partial charge < -0.3 is 14.5 Å². The minimum Gasteiger partial charge on any atom is -0.354 e. The van der Waals surface area contributed by atoms with E-state index in [0.29, 0.717) is 51.2 Å². The number of unbranched alkanes of at least 4 members (excludes halogenated alkanes) is 10. The Balaban J connectivity index is 1.45. The van der Waals surface area contributed by atoms with Crippen molar-refractivity contribution in [3.63, 3.8) is 0 Å². The van der Waals surface area contributed by atoms with Crippen molar-refractivity contribution < 1.29 is 9.59 Å². The van der Waals surface area contributed by atoms with Crippen LogP contribution in [0, 0.1) is 0 Å². The molecule has 1 aliphatic heterocycles. The minimum absolute atomic E-state index is 0.130. The van der Waals surface area contributed by atoms with E-state index >= 15 is 0 Å². The van der Waals surface area contributed by atoms with E-state index in [4.69, 9.17) is 0 Å². The molecule has 2 N–H and O–H groups in total. The first-order valence-corrected chi connectivity index (χ1v) is 18.8. The molecule has 4 heterocycles. The summed E-state index contributed by atoms with van der Waals surface area (Å²) in [6.45, 7) is 9.90. The maximum Gasteiger partial charge on any atom is 0.262 e. The fourth-order valence-electron chi connectivity index (χ4n) is 8.65. The summed E-state index contributed by atoms with van der Waals surface area (Å²) in [5, 5.41) is 6.53. The van der Waals surface area contributed by atoms with Crippen molar-refractivity contribution in [1.29, 1.82) is 0 Å². The van der Waals surface area contributed by atoms with Crippen molar-refractivity contribution in [3.8, 4) is 0 Å². The van der Waals surface area contributed by atoms with Gasteiger partial charge in [0.2, 0.25) is 0 Å². The number of rotatable bonds is 14. The van der Waals surface area contributed by atoms with Crippen LogP contribution in [0.25, 0.3) is 71.7 Å². The maximum atomic E-state index is 14.8. The molecule has 0 unspecified atom stereocenters. The highest BCUT2D eigenvalue weighted by molar-refractivity contribution is 6.44. The van der Waals surface area contributed by atoms with Gasteiger partial charge in [-0.25, -0.2) is 0 Å². The SMILES string of the molecule is C=c1c2c3[nH]c4ccccc4c3c3c4c(c5c6ccccc6[nH]c5c(c(=O)n1CCCCCCCC)c42)C(=O)N(CCCCCCCC)C3=O. The lowest BCUT2D eigenvalue weighted by Crippen LogP contribution is -2.42. The molecule has 0 aliphatic carbocycles. The van der Waals surface area contributed by atoms with Gasteiger partial charge in [0.25, 0.3) is 17.4 Å². The number of nitrogens with zero attached hydrogens (tertiary/aromatic N) is 2. The zero-order valence-corrected chi connectivity index (χ0v) is 29.3. The van der Waals surface area contributed by atoms with E-state index in [9.17, 15) is 14.4 Å². The normalized spacial score (nSPS) is 13.5. The lowest BCUT2D eigenvalue weighted by atomic mass is 9.84. The fourth-order valence-corrected chi connectivity index (χ4v) is 8.65. The molecule has 50 heavy (non-hydrogen) atoms. The summed E-state index contributed by atoms with van der Waals surface area (Å²) >= 11 is 0. The number of carbonyl (C=O) groups is 2. The van der Waals surface area contributed by atoms with Crippen molar-refractivity contribution in [2.45, 2.75) is 97.4 Å². The third kappa shape index (κ3) is 4.88. The van der Waals surface area contributed by atoms with E-state index in [0.717, 1.165) is 88.4 Å². The lowest BCUT2D eigenvalue weighted by Gasteiger charge is -2.30.